The molecule has 0 radical (unpaired) electrons. The summed E-state index contributed by atoms with van der Waals surface area (Å²) in [6.45, 7) is 1.84. The Morgan fingerprint density at radius 1 is 1.30 bits per heavy atom. The molecule has 1 aromatic carbocycles. The van der Waals surface area contributed by atoms with Crippen LogP contribution in [0, 0.1) is 0 Å². The van der Waals surface area contributed by atoms with E-state index in [1.807, 2.05) is 13.2 Å². The summed E-state index contributed by atoms with van der Waals surface area (Å²) >= 11 is 1.57. The van der Waals surface area contributed by atoms with E-state index >= 15 is 0 Å². The van der Waals surface area contributed by atoms with Gasteiger partial charge in [-0.2, -0.15) is 24.9 Å². The van der Waals surface area contributed by atoms with E-state index < -0.39 is 17.8 Å². The van der Waals surface area contributed by atoms with Crippen LogP contribution in [-0.4, -0.2) is 50.1 Å². The average molecular weight is 349 g/mol. The van der Waals surface area contributed by atoms with Crippen molar-refractivity contribution in [3.63, 3.8) is 0 Å². The molecule has 0 aliphatic rings. The van der Waals surface area contributed by atoms with Crippen molar-refractivity contribution in [2.45, 2.75) is 19.1 Å². The second kappa shape index (κ2) is 7.81. The van der Waals surface area contributed by atoms with E-state index in [-0.39, 0.29) is 11.7 Å². The summed E-state index contributed by atoms with van der Waals surface area (Å²) < 4.78 is 39.7. The fraction of sp³-hybridized carbons (Fsp3) is 0.533. The number of urea groups is 1. The Balaban J connectivity index is 3.06. The smallest absolute Gasteiger partial charge is 0.378 e. The van der Waals surface area contributed by atoms with E-state index in [0.29, 0.717) is 11.4 Å². The Hall–Kier alpha value is -1.57. The highest BCUT2D eigenvalue weighted by atomic mass is 32.2. The number of nitrogens with one attached hydrogen (secondary N) is 1. The third-order valence-corrected chi connectivity index (χ3v) is 4.27. The molecule has 0 saturated carbocycles. The Morgan fingerprint density at radius 2 is 1.91 bits per heavy atom. The Morgan fingerprint density at radius 3 is 2.39 bits per heavy atom. The number of anilines is 2. The van der Waals surface area contributed by atoms with Gasteiger partial charge in [0, 0.05) is 38.6 Å². The molecule has 1 aromatic rings. The minimum atomic E-state index is -4.54. The van der Waals surface area contributed by atoms with Crippen molar-refractivity contribution < 1.29 is 18.0 Å². The van der Waals surface area contributed by atoms with Crippen molar-refractivity contribution in [1.29, 1.82) is 0 Å². The van der Waals surface area contributed by atoms with Gasteiger partial charge in [0.05, 0.1) is 11.3 Å². The number of nitrogens with zero attached hydrogens (tertiary/aromatic N) is 2. The van der Waals surface area contributed by atoms with Crippen LogP contribution >= 0.6 is 11.8 Å². The van der Waals surface area contributed by atoms with Gasteiger partial charge in [-0.1, -0.05) is 0 Å². The molecule has 0 unspecified atom stereocenters. The number of benzene rings is 1. The molecule has 1 N–H and O–H groups in total. The van der Waals surface area contributed by atoms with E-state index in [1.54, 1.807) is 37.8 Å². The number of alkyl halides is 3. The lowest BCUT2D eigenvalue weighted by atomic mass is 10.1. The number of thioether (sulfide) groups is 1. The van der Waals surface area contributed by atoms with Crippen LogP contribution in [-0.2, 0) is 6.18 Å². The first-order valence-corrected chi connectivity index (χ1v) is 8.38. The summed E-state index contributed by atoms with van der Waals surface area (Å²) in [5.74, 6) is 0.704. The van der Waals surface area contributed by atoms with E-state index in [9.17, 15) is 18.0 Å². The number of halogens is 3. The molecule has 0 spiro atoms. The molecule has 4 nitrogen and oxygen atoms in total. The minimum absolute atomic E-state index is 0.0830. The molecule has 1 atom stereocenters. The van der Waals surface area contributed by atoms with E-state index in [4.69, 9.17) is 0 Å². The van der Waals surface area contributed by atoms with Gasteiger partial charge in [-0.05, 0) is 31.4 Å². The summed E-state index contributed by atoms with van der Waals surface area (Å²) in [6, 6.07) is 3.20. The number of hydrogen-bond acceptors (Lipinski definition) is 3. The number of amides is 2. The monoisotopic (exact) mass is 349 g/mol. The van der Waals surface area contributed by atoms with Gasteiger partial charge in [0.1, 0.15) is 0 Å². The Kier molecular flexibility index (Phi) is 6.61. The maximum Gasteiger partial charge on any atom is 0.418 e. The first-order chi connectivity index (χ1) is 10.6. The van der Waals surface area contributed by atoms with E-state index in [0.717, 1.165) is 6.07 Å². The molecule has 0 aliphatic heterocycles. The normalized spacial score (nSPS) is 12.7. The van der Waals surface area contributed by atoms with E-state index in [1.165, 1.54) is 17.0 Å². The molecule has 8 heteroatoms. The fourth-order valence-corrected chi connectivity index (χ4v) is 2.62. The Bertz CT molecular complexity index is 549. The number of carbonyl (C=O) groups excluding carboxylic acids is 1. The van der Waals surface area contributed by atoms with Crippen LogP contribution in [0.5, 0.6) is 0 Å². The summed E-state index contributed by atoms with van der Waals surface area (Å²) in [5, 5.41) is 2.36. The molecule has 0 heterocycles. The highest BCUT2D eigenvalue weighted by Crippen LogP contribution is 2.37. The number of hydrogen-bond donors (Lipinski definition) is 1. The fourth-order valence-electron chi connectivity index (χ4n) is 1.91. The topological polar surface area (TPSA) is 35.6 Å². The van der Waals surface area contributed by atoms with Crippen LogP contribution in [0.4, 0.5) is 29.3 Å². The first kappa shape index (κ1) is 19.5. The second-order valence-electron chi connectivity index (χ2n) is 5.47. The van der Waals surface area contributed by atoms with Gasteiger partial charge < -0.3 is 15.1 Å². The molecular weight excluding hydrogens is 327 g/mol. The maximum atomic E-state index is 13.2. The molecule has 0 aromatic heterocycles. The molecule has 1 rings (SSSR count). The van der Waals surface area contributed by atoms with Crippen LogP contribution < -0.4 is 10.2 Å². The van der Waals surface area contributed by atoms with Crippen LogP contribution in [0.25, 0.3) is 0 Å². The number of rotatable bonds is 5. The molecule has 0 bridgehead atoms. The largest absolute Gasteiger partial charge is 0.418 e. The van der Waals surface area contributed by atoms with Crippen molar-refractivity contribution in [1.82, 2.24) is 4.90 Å². The molecule has 2 amide bonds. The second-order valence-corrected chi connectivity index (χ2v) is 6.38. The van der Waals surface area contributed by atoms with Gasteiger partial charge >= 0.3 is 12.2 Å². The first-order valence-electron chi connectivity index (χ1n) is 6.99. The molecule has 130 valence electrons. The molecule has 23 heavy (non-hydrogen) atoms. The quantitative estimate of drug-likeness (QED) is 0.873. The highest BCUT2D eigenvalue weighted by molar-refractivity contribution is 7.98. The van der Waals surface area contributed by atoms with Crippen LogP contribution in [0.15, 0.2) is 18.2 Å². The van der Waals surface area contributed by atoms with Gasteiger partial charge in [0.25, 0.3) is 0 Å². The van der Waals surface area contributed by atoms with Crippen LogP contribution in [0.1, 0.15) is 12.5 Å². The predicted molar refractivity (Wildman–Crippen MR) is 90.4 cm³/mol. The standard InChI is InChI=1S/C15H22F3N3OS/c1-10(9-23-5)21(4)14(22)19-13-7-6-11(20(2)3)8-12(13)15(16,17)18/h6-8,10H,9H2,1-5H3,(H,19,22)/t10-/m1/s1. The molecule has 0 saturated heterocycles. The highest BCUT2D eigenvalue weighted by Gasteiger charge is 2.34. The molecular formula is C15H22F3N3OS. The van der Waals surface area contributed by atoms with Crippen LogP contribution in [0.2, 0.25) is 0 Å². The Labute approximate surface area is 139 Å². The van der Waals surface area contributed by atoms with Crippen molar-refractivity contribution in [2.24, 2.45) is 0 Å². The predicted octanol–water partition coefficient (Wildman–Crippen LogP) is 3.99. The zero-order valence-electron chi connectivity index (χ0n) is 13.9. The zero-order chi connectivity index (χ0) is 17.8. The summed E-state index contributed by atoms with van der Waals surface area (Å²) in [4.78, 5) is 15.1. The van der Waals surface area contributed by atoms with Gasteiger partial charge in [-0.3, -0.25) is 0 Å². The SMILES string of the molecule is CSC[C@@H](C)N(C)C(=O)Nc1ccc(N(C)C)cc1C(F)(F)F. The zero-order valence-corrected chi connectivity index (χ0v) is 14.7. The third-order valence-electron chi connectivity index (χ3n) is 3.46. The van der Waals surface area contributed by atoms with Gasteiger partial charge in [-0.25, -0.2) is 4.79 Å². The average Bonchev–Trinajstić information content (AvgIpc) is 2.45. The third kappa shape index (κ3) is 5.23. The van der Waals surface area contributed by atoms with Gasteiger partial charge in [0.2, 0.25) is 0 Å². The van der Waals surface area contributed by atoms with Gasteiger partial charge in [-0.15, -0.1) is 0 Å². The lowest BCUT2D eigenvalue weighted by molar-refractivity contribution is -0.136. The molecule has 0 aliphatic carbocycles. The number of carbonyl (C=O) groups is 1. The van der Waals surface area contributed by atoms with E-state index in [2.05, 4.69) is 5.32 Å². The van der Waals surface area contributed by atoms with Crippen molar-refractivity contribution in [2.75, 3.05) is 43.4 Å². The summed E-state index contributed by atoms with van der Waals surface area (Å²) in [7, 11) is 4.88. The summed E-state index contributed by atoms with van der Waals surface area (Å²) in [5.41, 5.74) is -0.682. The lowest BCUT2D eigenvalue weighted by Gasteiger charge is -2.26. The van der Waals surface area contributed by atoms with Crippen molar-refractivity contribution in [3.05, 3.63) is 23.8 Å². The lowest BCUT2D eigenvalue weighted by Crippen LogP contribution is -2.39. The van der Waals surface area contributed by atoms with Gasteiger partial charge in [0.15, 0.2) is 0 Å². The van der Waals surface area contributed by atoms with Crippen molar-refractivity contribution >= 4 is 29.2 Å². The summed E-state index contributed by atoms with van der Waals surface area (Å²) in [6.07, 6.45) is -2.64. The van der Waals surface area contributed by atoms with Crippen LogP contribution in [0.3, 0.4) is 0 Å². The van der Waals surface area contributed by atoms with Crippen molar-refractivity contribution in [3.8, 4) is 0 Å². The minimum Gasteiger partial charge on any atom is -0.378 e. The molecule has 0 fully saturated rings. The maximum absolute atomic E-state index is 13.2.